The number of aliphatic carboxylic acids is 1. The van der Waals surface area contributed by atoms with Crippen LogP contribution in [0.2, 0.25) is 0 Å². The van der Waals surface area contributed by atoms with Gasteiger partial charge in [-0.25, -0.2) is 0 Å². The van der Waals surface area contributed by atoms with Gasteiger partial charge in [0.1, 0.15) is 0 Å². The zero-order valence-electron chi connectivity index (χ0n) is 14.9. The monoisotopic (exact) mass is 316 g/mol. The van der Waals surface area contributed by atoms with E-state index in [1.807, 2.05) is 0 Å². The second kappa shape index (κ2) is 4.86. The molecule has 4 rings (SSSR count). The van der Waals surface area contributed by atoms with E-state index in [0.29, 0.717) is 23.2 Å². The van der Waals surface area contributed by atoms with Gasteiger partial charge in [-0.3, -0.25) is 4.79 Å². The molecule has 4 saturated carbocycles. The Bertz CT molecular complexity index is 552. The van der Waals surface area contributed by atoms with E-state index in [1.54, 1.807) is 0 Å². The SMILES string of the molecule is C=C1C[C@@]23CC[C@@H]4[C@](C)(CC(=O)O)CCC[C@@]4(C)[C@@H]2CC[C@@H]1C3. The smallest absolute Gasteiger partial charge is 0.303 e. The maximum Gasteiger partial charge on any atom is 0.303 e. The Balaban J connectivity index is 1.70. The maximum atomic E-state index is 11.5. The third-order valence-corrected chi connectivity index (χ3v) is 8.74. The highest BCUT2D eigenvalue weighted by Gasteiger charge is 2.63. The van der Waals surface area contributed by atoms with E-state index in [2.05, 4.69) is 20.4 Å². The molecule has 128 valence electrons. The van der Waals surface area contributed by atoms with Crippen LogP contribution in [0.25, 0.3) is 0 Å². The van der Waals surface area contributed by atoms with Gasteiger partial charge in [-0.05, 0) is 85.4 Å². The second-order valence-electron chi connectivity index (χ2n) is 9.90. The Morgan fingerprint density at radius 2 is 1.96 bits per heavy atom. The first-order chi connectivity index (χ1) is 10.8. The molecule has 4 fully saturated rings. The van der Waals surface area contributed by atoms with Crippen molar-refractivity contribution in [1.29, 1.82) is 0 Å². The molecule has 4 aliphatic rings. The molecule has 0 heterocycles. The Morgan fingerprint density at radius 1 is 1.17 bits per heavy atom. The highest BCUT2D eigenvalue weighted by molar-refractivity contribution is 5.67. The van der Waals surface area contributed by atoms with Gasteiger partial charge < -0.3 is 5.11 Å². The third kappa shape index (κ3) is 2.09. The highest BCUT2D eigenvalue weighted by Crippen LogP contribution is 2.72. The lowest BCUT2D eigenvalue weighted by Crippen LogP contribution is -2.56. The average molecular weight is 316 g/mol. The van der Waals surface area contributed by atoms with E-state index in [0.717, 1.165) is 18.3 Å². The first-order valence-electron chi connectivity index (χ1n) is 9.69. The fourth-order valence-electron chi connectivity index (χ4n) is 8.05. The zero-order valence-corrected chi connectivity index (χ0v) is 14.9. The molecule has 0 amide bonds. The minimum Gasteiger partial charge on any atom is -0.481 e. The first kappa shape index (κ1) is 15.7. The summed E-state index contributed by atoms with van der Waals surface area (Å²) in [4.78, 5) is 11.5. The minimum absolute atomic E-state index is 0.00685. The number of hydrogen-bond donors (Lipinski definition) is 1. The Hall–Kier alpha value is -0.790. The molecule has 1 N–H and O–H groups in total. The van der Waals surface area contributed by atoms with E-state index in [9.17, 15) is 9.90 Å². The standard InChI is InChI=1S/C21H32O2/c1-14-11-21-10-7-16-19(2,13-18(22)23)8-4-9-20(16,3)17(21)6-5-15(14)12-21/h15-17H,1,4-13H2,2-3H3,(H,22,23)/t15-,16-,17+,19+,20-,21-/m1/s1. The summed E-state index contributed by atoms with van der Waals surface area (Å²) in [5.74, 6) is 1.59. The van der Waals surface area contributed by atoms with Crippen LogP contribution in [0, 0.1) is 34.0 Å². The summed E-state index contributed by atoms with van der Waals surface area (Å²) >= 11 is 0. The normalized spacial score (nSPS) is 51.9. The predicted molar refractivity (Wildman–Crippen MR) is 92.1 cm³/mol. The van der Waals surface area contributed by atoms with Crippen molar-refractivity contribution < 1.29 is 9.90 Å². The predicted octanol–water partition coefficient (Wildman–Crippen LogP) is 5.43. The van der Waals surface area contributed by atoms with Crippen LogP contribution >= 0.6 is 0 Å². The molecule has 0 aromatic heterocycles. The summed E-state index contributed by atoms with van der Waals surface area (Å²) in [6.07, 6.45) is 11.9. The lowest BCUT2D eigenvalue weighted by Gasteiger charge is -2.64. The number of rotatable bonds is 2. The molecule has 0 radical (unpaired) electrons. The van der Waals surface area contributed by atoms with Crippen LogP contribution in [-0.4, -0.2) is 11.1 Å². The first-order valence-corrected chi connectivity index (χ1v) is 9.69. The Morgan fingerprint density at radius 3 is 2.70 bits per heavy atom. The number of carbonyl (C=O) groups is 1. The summed E-state index contributed by atoms with van der Waals surface area (Å²) in [5, 5.41) is 9.46. The summed E-state index contributed by atoms with van der Waals surface area (Å²) < 4.78 is 0. The van der Waals surface area contributed by atoms with E-state index in [-0.39, 0.29) is 5.41 Å². The summed E-state index contributed by atoms with van der Waals surface area (Å²) in [5.41, 5.74) is 2.41. The summed E-state index contributed by atoms with van der Waals surface area (Å²) in [6.45, 7) is 9.21. The van der Waals surface area contributed by atoms with Crippen LogP contribution in [0.1, 0.15) is 78.1 Å². The number of allylic oxidation sites excluding steroid dienone is 1. The molecule has 0 unspecified atom stereocenters. The maximum absolute atomic E-state index is 11.5. The van der Waals surface area contributed by atoms with Crippen molar-refractivity contribution in [2.45, 2.75) is 78.1 Å². The van der Waals surface area contributed by atoms with Gasteiger partial charge in [0.2, 0.25) is 0 Å². The van der Waals surface area contributed by atoms with Crippen LogP contribution in [0.5, 0.6) is 0 Å². The van der Waals surface area contributed by atoms with Crippen molar-refractivity contribution >= 4 is 5.97 Å². The molecule has 2 heteroatoms. The molecular formula is C21H32O2. The number of carboxylic acids is 1. The van der Waals surface area contributed by atoms with Crippen molar-refractivity contribution in [3.63, 3.8) is 0 Å². The molecule has 4 aliphatic carbocycles. The minimum atomic E-state index is -0.602. The van der Waals surface area contributed by atoms with Gasteiger partial charge >= 0.3 is 5.97 Å². The van der Waals surface area contributed by atoms with Crippen molar-refractivity contribution in [3.05, 3.63) is 12.2 Å². The van der Waals surface area contributed by atoms with Crippen LogP contribution in [-0.2, 0) is 4.79 Å². The number of hydrogen-bond acceptors (Lipinski definition) is 1. The van der Waals surface area contributed by atoms with Crippen LogP contribution in [0.4, 0.5) is 0 Å². The van der Waals surface area contributed by atoms with Crippen LogP contribution in [0.3, 0.4) is 0 Å². The van der Waals surface area contributed by atoms with Gasteiger partial charge in [0, 0.05) is 0 Å². The summed E-state index contributed by atoms with van der Waals surface area (Å²) in [7, 11) is 0. The molecule has 0 aliphatic heterocycles. The van der Waals surface area contributed by atoms with Gasteiger partial charge in [-0.1, -0.05) is 32.4 Å². The molecular weight excluding hydrogens is 284 g/mol. The van der Waals surface area contributed by atoms with E-state index < -0.39 is 5.97 Å². The molecule has 23 heavy (non-hydrogen) atoms. The van der Waals surface area contributed by atoms with Gasteiger partial charge in [-0.15, -0.1) is 0 Å². The Labute approximate surface area is 140 Å². The van der Waals surface area contributed by atoms with E-state index in [4.69, 9.17) is 0 Å². The van der Waals surface area contributed by atoms with Gasteiger partial charge in [-0.2, -0.15) is 0 Å². The molecule has 0 aromatic carbocycles. The molecule has 2 nitrogen and oxygen atoms in total. The number of carboxylic acid groups (broad SMARTS) is 1. The van der Waals surface area contributed by atoms with Crippen molar-refractivity contribution in [2.75, 3.05) is 0 Å². The fourth-order valence-corrected chi connectivity index (χ4v) is 8.05. The van der Waals surface area contributed by atoms with Crippen LogP contribution in [0.15, 0.2) is 12.2 Å². The van der Waals surface area contributed by atoms with Gasteiger partial charge in [0.15, 0.2) is 0 Å². The Kier molecular flexibility index (Phi) is 3.32. The van der Waals surface area contributed by atoms with Crippen LogP contribution < -0.4 is 0 Å². The third-order valence-electron chi connectivity index (χ3n) is 8.74. The molecule has 0 saturated heterocycles. The summed E-state index contributed by atoms with van der Waals surface area (Å²) in [6, 6.07) is 0. The number of fused-ring (bicyclic) bond motifs is 3. The van der Waals surface area contributed by atoms with E-state index >= 15 is 0 Å². The zero-order chi connectivity index (χ0) is 16.5. The largest absolute Gasteiger partial charge is 0.481 e. The second-order valence-corrected chi connectivity index (χ2v) is 9.90. The fraction of sp³-hybridized carbons (Fsp3) is 0.857. The average Bonchev–Trinajstić information content (AvgIpc) is 2.67. The lowest BCUT2D eigenvalue weighted by atomic mass is 9.40. The van der Waals surface area contributed by atoms with Gasteiger partial charge in [0.25, 0.3) is 0 Å². The highest BCUT2D eigenvalue weighted by atomic mass is 16.4. The molecule has 2 bridgehead atoms. The van der Waals surface area contributed by atoms with Crippen molar-refractivity contribution in [3.8, 4) is 0 Å². The van der Waals surface area contributed by atoms with E-state index in [1.165, 1.54) is 56.9 Å². The molecule has 6 atom stereocenters. The quantitative estimate of drug-likeness (QED) is 0.690. The lowest BCUT2D eigenvalue weighted by molar-refractivity contribution is -0.163. The molecule has 0 aromatic rings. The van der Waals surface area contributed by atoms with Crippen molar-refractivity contribution in [2.24, 2.45) is 34.0 Å². The topological polar surface area (TPSA) is 37.3 Å². The molecule has 1 spiro atoms. The van der Waals surface area contributed by atoms with Gasteiger partial charge in [0.05, 0.1) is 6.42 Å². The van der Waals surface area contributed by atoms with Crippen molar-refractivity contribution in [1.82, 2.24) is 0 Å².